The summed E-state index contributed by atoms with van der Waals surface area (Å²) in [6.07, 6.45) is 11.7. The normalized spacial score (nSPS) is 15.5. The van der Waals surface area contributed by atoms with Crippen molar-refractivity contribution >= 4 is 34.5 Å². The molecule has 0 fully saturated rings. The van der Waals surface area contributed by atoms with E-state index in [1.54, 1.807) is 24.5 Å². The van der Waals surface area contributed by atoms with Crippen LogP contribution in [0.25, 0.3) is 0 Å². The topological polar surface area (TPSA) is 103 Å². The van der Waals surface area contributed by atoms with Gasteiger partial charge in [-0.25, -0.2) is 4.99 Å². The third-order valence-corrected chi connectivity index (χ3v) is 6.33. The molecule has 13 heteroatoms. The molecular weight excluding hydrogens is 681 g/mol. The van der Waals surface area contributed by atoms with E-state index in [0.717, 1.165) is 0 Å². The van der Waals surface area contributed by atoms with E-state index in [4.69, 9.17) is 12.2 Å². The second kappa shape index (κ2) is 15.5. The van der Waals surface area contributed by atoms with Gasteiger partial charge in [-0.15, -0.1) is 6.42 Å². The number of rotatable bonds is 6. The molecule has 2 aromatic carbocycles. The molecule has 1 atom stereocenters. The zero-order chi connectivity index (χ0) is 31.4. The van der Waals surface area contributed by atoms with E-state index in [0.29, 0.717) is 16.7 Å². The third-order valence-electron chi connectivity index (χ3n) is 5.69. The number of terminal acetylenes is 1. The summed E-state index contributed by atoms with van der Waals surface area (Å²) in [5, 5.41) is 0. The number of hydrogen-bond acceptors (Lipinski definition) is 7. The van der Waals surface area contributed by atoms with Gasteiger partial charge in [0.05, 0.1) is 0 Å². The smallest absolute Gasteiger partial charge is 0.387 e. The monoisotopic (exact) mass is 705 g/mol. The number of carbonyl (C=O) groups is 1. The van der Waals surface area contributed by atoms with Crippen LogP contribution in [0.4, 0.5) is 17.6 Å². The number of aliphatic imine (C=N–C) groups is 1. The number of carbonyl (C=O) groups excluding carboxylic acids is 1. The fourth-order valence-electron chi connectivity index (χ4n) is 3.71. The number of nitrogens with zero attached hydrogens (tertiary/aromatic N) is 4. The van der Waals surface area contributed by atoms with Crippen LogP contribution in [0.2, 0.25) is 0 Å². The average molecular weight is 705 g/mol. The Labute approximate surface area is 258 Å². The first-order valence-corrected chi connectivity index (χ1v) is 13.3. The maximum Gasteiger partial charge on any atom is 0.387 e. The first-order valence-electron chi connectivity index (χ1n) is 12.2. The van der Waals surface area contributed by atoms with Gasteiger partial charge >= 0.3 is 13.2 Å². The Morgan fingerprint density at radius 3 is 1.77 bits per heavy atom. The van der Waals surface area contributed by atoms with Gasteiger partial charge in [0, 0.05) is 46.5 Å². The van der Waals surface area contributed by atoms with E-state index in [1.807, 2.05) is 18.3 Å². The predicted octanol–water partition coefficient (Wildman–Crippen LogP) is 5.67. The molecule has 3 heterocycles. The minimum absolute atomic E-state index is 0.00848. The Kier molecular flexibility index (Phi) is 11.8. The number of benzene rings is 2. The number of likely N-dealkylation sites (N-methyl/N-ethyl adjacent to an activating group) is 1. The Bertz CT molecular complexity index is 1540. The van der Waals surface area contributed by atoms with Crippen molar-refractivity contribution < 1.29 is 31.8 Å². The van der Waals surface area contributed by atoms with E-state index in [9.17, 15) is 22.4 Å². The summed E-state index contributed by atoms with van der Waals surface area (Å²) in [6.45, 7) is -5.71. The van der Waals surface area contributed by atoms with Gasteiger partial charge in [0.2, 0.25) is 0 Å². The van der Waals surface area contributed by atoms with Crippen LogP contribution in [0.15, 0.2) is 103 Å². The van der Waals surface area contributed by atoms with Gasteiger partial charge in [0.15, 0.2) is 11.5 Å². The molecule has 43 heavy (non-hydrogen) atoms. The molecule has 1 unspecified atom stereocenters. The lowest BCUT2D eigenvalue weighted by molar-refractivity contribution is -0.129. The molecule has 8 nitrogen and oxygen atoms in total. The summed E-state index contributed by atoms with van der Waals surface area (Å²) in [5.74, 6) is 2.19. The largest absolute Gasteiger partial charge is 0.435 e. The second-order valence-corrected chi connectivity index (χ2v) is 9.65. The Morgan fingerprint density at radius 2 is 1.40 bits per heavy atom. The highest BCUT2D eigenvalue weighted by atomic mass is 127. The average Bonchev–Trinajstić information content (AvgIpc) is 3.23. The van der Waals surface area contributed by atoms with Gasteiger partial charge < -0.3 is 15.2 Å². The molecule has 4 aromatic rings. The SMILES string of the molecule is C#Cc1ccc(OC(F)F)cc1.CN1C(=O)C(c2ccc(OC(F)F)cc2)(c2cccnc2)N=C1N.Ic1cccnc1. The molecule has 0 saturated carbocycles. The second-order valence-electron chi connectivity index (χ2n) is 8.41. The van der Waals surface area contributed by atoms with E-state index in [2.05, 4.69) is 52.9 Å². The number of alkyl halides is 4. The first kappa shape index (κ1) is 32.8. The quantitative estimate of drug-likeness (QED) is 0.158. The van der Waals surface area contributed by atoms with Crippen LogP contribution < -0.4 is 15.2 Å². The summed E-state index contributed by atoms with van der Waals surface area (Å²) < 4.78 is 57.5. The number of aromatic nitrogens is 2. The van der Waals surface area contributed by atoms with Crippen LogP contribution in [0.3, 0.4) is 0 Å². The highest BCUT2D eigenvalue weighted by Crippen LogP contribution is 2.39. The number of amides is 1. The van der Waals surface area contributed by atoms with Crippen molar-refractivity contribution in [2.45, 2.75) is 18.8 Å². The number of nitrogens with two attached hydrogens (primary N) is 1. The van der Waals surface area contributed by atoms with Gasteiger partial charge in [-0.3, -0.25) is 19.7 Å². The van der Waals surface area contributed by atoms with E-state index in [-0.39, 0.29) is 23.4 Å². The summed E-state index contributed by atoms with van der Waals surface area (Å²) in [5.41, 5.74) is 6.08. The van der Waals surface area contributed by atoms with Crippen molar-refractivity contribution in [3.63, 3.8) is 0 Å². The maximum absolute atomic E-state index is 12.9. The maximum atomic E-state index is 12.9. The highest BCUT2D eigenvalue weighted by molar-refractivity contribution is 14.1. The molecule has 2 aromatic heterocycles. The van der Waals surface area contributed by atoms with Gasteiger partial charge in [-0.05, 0) is 82.8 Å². The number of guanidine groups is 1. The van der Waals surface area contributed by atoms with Crippen molar-refractivity contribution in [2.24, 2.45) is 10.7 Å². The van der Waals surface area contributed by atoms with Gasteiger partial charge in [0.1, 0.15) is 11.5 Å². The summed E-state index contributed by atoms with van der Waals surface area (Å²) in [7, 11) is 1.52. The van der Waals surface area contributed by atoms with Crippen molar-refractivity contribution in [3.05, 3.63) is 118 Å². The lowest BCUT2D eigenvalue weighted by Gasteiger charge is -2.25. The molecule has 0 bridgehead atoms. The van der Waals surface area contributed by atoms with E-state index in [1.165, 1.54) is 70.2 Å². The number of pyridine rings is 2. The number of halogens is 5. The van der Waals surface area contributed by atoms with Crippen molar-refractivity contribution in [1.29, 1.82) is 0 Å². The van der Waals surface area contributed by atoms with Crippen LogP contribution >= 0.6 is 22.6 Å². The van der Waals surface area contributed by atoms with E-state index >= 15 is 0 Å². The Hall–Kier alpha value is -4.71. The molecule has 0 aliphatic carbocycles. The van der Waals surface area contributed by atoms with Gasteiger partial charge in [-0.2, -0.15) is 17.6 Å². The molecule has 0 spiro atoms. The lowest BCUT2D eigenvalue weighted by Crippen LogP contribution is -2.41. The molecule has 1 aliphatic rings. The van der Waals surface area contributed by atoms with Crippen LogP contribution in [-0.4, -0.2) is 47.0 Å². The van der Waals surface area contributed by atoms with Crippen LogP contribution in [-0.2, 0) is 10.3 Å². The number of hydrogen-bond donors (Lipinski definition) is 1. The van der Waals surface area contributed by atoms with Gasteiger partial charge in [-0.1, -0.05) is 24.1 Å². The third kappa shape index (κ3) is 8.89. The van der Waals surface area contributed by atoms with Crippen LogP contribution in [0.1, 0.15) is 16.7 Å². The number of ether oxygens (including phenoxy) is 2. The molecule has 222 valence electrons. The predicted molar refractivity (Wildman–Crippen MR) is 160 cm³/mol. The van der Waals surface area contributed by atoms with Crippen LogP contribution in [0, 0.1) is 15.9 Å². The standard InChI is InChI=1S/C16H14F2N4O2.C9H6F2O.C5H4IN/c1-22-13(23)16(21-15(22)19,11-3-2-8-20-9-11)10-4-6-12(7-5-10)24-14(17)18;1-2-7-3-5-8(6-4-7)12-9(10)11;6-5-2-1-3-7-4-5/h2-9,14H,1H3,(H2,19,21);1,3-6,9H;1-4H. The zero-order valence-electron chi connectivity index (χ0n) is 22.5. The molecular formula is C30H24F4IN5O3. The van der Waals surface area contributed by atoms with Crippen molar-refractivity contribution in [2.75, 3.05) is 7.05 Å². The summed E-state index contributed by atoms with van der Waals surface area (Å²) in [4.78, 5) is 26.4. The minimum Gasteiger partial charge on any atom is -0.435 e. The fraction of sp³-hybridized carbons (Fsp3) is 0.133. The van der Waals surface area contributed by atoms with Crippen LogP contribution in [0.5, 0.6) is 11.5 Å². The molecule has 2 N–H and O–H groups in total. The molecule has 0 saturated heterocycles. The molecule has 1 aliphatic heterocycles. The molecule has 1 amide bonds. The van der Waals surface area contributed by atoms with E-state index < -0.39 is 18.8 Å². The fourth-order valence-corrected chi connectivity index (χ4v) is 4.08. The highest BCUT2D eigenvalue weighted by Gasteiger charge is 2.49. The minimum atomic E-state index is -2.92. The Morgan fingerprint density at radius 1 is 0.860 bits per heavy atom. The summed E-state index contributed by atoms with van der Waals surface area (Å²) in [6, 6.07) is 18.9. The first-order chi connectivity index (χ1) is 20.6. The van der Waals surface area contributed by atoms with Crippen molar-refractivity contribution in [3.8, 4) is 23.8 Å². The van der Waals surface area contributed by atoms with Gasteiger partial charge in [0.25, 0.3) is 5.91 Å². The Balaban J connectivity index is 0.000000219. The lowest BCUT2D eigenvalue weighted by atomic mass is 9.83. The van der Waals surface area contributed by atoms with Crippen molar-refractivity contribution in [1.82, 2.24) is 14.9 Å². The zero-order valence-corrected chi connectivity index (χ0v) is 24.6. The molecule has 0 radical (unpaired) electrons. The summed E-state index contributed by atoms with van der Waals surface area (Å²) >= 11 is 2.22. The molecule has 5 rings (SSSR count).